The van der Waals surface area contributed by atoms with E-state index in [0.717, 1.165) is 32.5 Å². The molecular formula is C10H22N2O2. The number of hydrogen-bond acceptors (Lipinski definition) is 3. The van der Waals surface area contributed by atoms with Crippen molar-refractivity contribution in [3.8, 4) is 0 Å². The first-order valence-electron chi connectivity index (χ1n) is 5.14. The lowest BCUT2D eigenvalue weighted by Gasteiger charge is -2.13. The molecule has 0 aromatic carbocycles. The van der Waals surface area contributed by atoms with E-state index in [1.54, 1.807) is 7.11 Å². The van der Waals surface area contributed by atoms with Crippen molar-refractivity contribution in [1.82, 2.24) is 10.2 Å². The first kappa shape index (κ1) is 13.4. The van der Waals surface area contributed by atoms with E-state index >= 15 is 0 Å². The third-order valence-corrected chi connectivity index (χ3v) is 2.05. The van der Waals surface area contributed by atoms with Crippen LogP contribution >= 0.6 is 0 Å². The Hall–Kier alpha value is -0.610. The summed E-state index contributed by atoms with van der Waals surface area (Å²) < 4.78 is 4.91. The Labute approximate surface area is 86.6 Å². The fourth-order valence-corrected chi connectivity index (χ4v) is 1.01. The second-order valence-electron chi connectivity index (χ2n) is 3.38. The highest BCUT2D eigenvalue weighted by molar-refractivity contribution is 5.77. The molecule has 4 heteroatoms. The largest absolute Gasteiger partial charge is 0.385 e. The van der Waals surface area contributed by atoms with Gasteiger partial charge < -0.3 is 10.1 Å². The van der Waals surface area contributed by atoms with Crippen LogP contribution in [0, 0.1) is 0 Å². The van der Waals surface area contributed by atoms with Crippen LogP contribution in [-0.2, 0) is 9.53 Å². The Morgan fingerprint density at radius 3 is 2.71 bits per heavy atom. The second kappa shape index (κ2) is 8.97. The molecule has 4 nitrogen and oxygen atoms in total. The van der Waals surface area contributed by atoms with E-state index < -0.39 is 0 Å². The summed E-state index contributed by atoms with van der Waals surface area (Å²) in [5.41, 5.74) is 0. The molecule has 0 aromatic heterocycles. The first-order chi connectivity index (χ1) is 6.70. The normalized spacial score (nSPS) is 10.6. The standard InChI is InChI=1S/C10H22N2O2/c1-4-12(2)9-10(13)11-7-5-6-8-14-3/h4-9H2,1-3H3,(H,11,13). The maximum absolute atomic E-state index is 11.3. The quantitative estimate of drug-likeness (QED) is 0.582. The smallest absolute Gasteiger partial charge is 0.234 e. The van der Waals surface area contributed by atoms with Gasteiger partial charge in [-0.05, 0) is 26.4 Å². The summed E-state index contributed by atoms with van der Waals surface area (Å²) in [5, 5.41) is 2.87. The van der Waals surface area contributed by atoms with Crippen molar-refractivity contribution in [3.05, 3.63) is 0 Å². The molecule has 0 bridgehead atoms. The van der Waals surface area contributed by atoms with Crippen molar-refractivity contribution < 1.29 is 9.53 Å². The van der Waals surface area contributed by atoms with Crippen LogP contribution in [0.2, 0.25) is 0 Å². The lowest BCUT2D eigenvalue weighted by atomic mass is 10.3. The fraction of sp³-hybridized carbons (Fsp3) is 0.900. The van der Waals surface area contributed by atoms with Gasteiger partial charge in [0.25, 0.3) is 0 Å². The predicted molar refractivity (Wildman–Crippen MR) is 57.3 cm³/mol. The van der Waals surface area contributed by atoms with Crippen LogP contribution in [-0.4, -0.2) is 51.2 Å². The summed E-state index contributed by atoms with van der Waals surface area (Å²) in [5.74, 6) is 0.103. The zero-order chi connectivity index (χ0) is 10.8. The number of amides is 1. The van der Waals surface area contributed by atoms with Crippen LogP contribution in [0.1, 0.15) is 19.8 Å². The maximum atomic E-state index is 11.3. The molecule has 0 atom stereocenters. The average molecular weight is 202 g/mol. The molecule has 0 unspecified atom stereocenters. The number of carbonyl (C=O) groups excluding carboxylic acids is 1. The van der Waals surface area contributed by atoms with E-state index in [4.69, 9.17) is 4.74 Å². The van der Waals surface area contributed by atoms with Gasteiger partial charge in [0, 0.05) is 20.3 Å². The number of ether oxygens (including phenoxy) is 1. The van der Waals surface area contributed by atoms with Crippen LogP contribution < -0.4 is 5.32 Å². The number of rotatable bonds is 8. The monoisotopic (exact) mass is 202 g/mol. The van der Waals surface area contributed by atoms with E-state index in [1.165, 1.54) is 0 Å². The zero-order valence-corrected chi connectivity index (χ0v) is 9.51. The summed E-state index contributed by atoms with van der Waals surface area (Å²) in [6.45, 7) is 4.94. The maximum Gasteiger partial charge on any atom is 0.234 e. The van der Waals surface area contributed by atoms with E-state index in [2.05, 4.69) is 5.32 Å². The Bertz CT molecular complexity index is 151. The summed E-state index contributed by atoms with van der Waals surface area (Å²) >= 11 is 0. The van der Waals surface area contributed by atoms with Crippen molar-refractivity contribution in [2.45, 2.75) is 19.8 Å². The Morgan fingerprint density at radius 2 is 2.14 bits per heavy atom. The molecule has 0 rings (SSSR count). The molecule has 0 radical (unpaired) electrons. The molecule has 1 N–H and O–H groups in total. The third-order valence-electron chi connectivity index (χ3n) is 2.05. The molecular weight excluding hydrogens is 180 g/mol. The first-order valence-corrected chi connectivity index (χ1v) is 5.14. The highest BCUT2D eigenvalue weighted by atomic mass is 16.5. The van der Waals surface area contributed by atoms with Crippen molar-refractivity contribution >= 4 is 5.91 Å². The number of nitrogens with one attached hydrogen (secondary N) is 1. The van der Waals surface area contributed by atoms with Gasteiger partial charge in [-0.15, -0.1) is 0 Å². The fourth-order valence-electron chi connectivity index (χ4n) is 1.01. The molecule has 0 heterocycles. The Morgan fingerprint density at radius 1 is 1.43 bits per heavy atom. The van der Waals surface area contributed by atoms with Gasteiger partial charge in [-0.25, -0.2) is 0 Å². The number of nitrogens with zero attached hydrogens (tertiary/aromatic N) is 1. The Kier molecular flexibility index (Phi) is 8.57. The molecule has 0 saturated carbocycles. The van der Waals surface area contributed by atoms with Crippen LogP contribution in [0.5, 0.6) is 0 Å². The van der Waals surface area contributed by atoms with Gasteiger partial charge in [-0.3, -0.25) is 9.69 Å². The lowest BCUT2D eigenvalue weighted by Crippen LogP contribution is -2.35. The highest BCUT2D eigenvalue weighted by Crippen LogP contribution is 1.87. The van der Waals surface area contributed by atoms with Gasteiger partial charge in [-0.2, -0.15) is 0 Å². The number of methoxy groups -OCH3 is 1. The summed E-state index contributed by atoms with van der Waals surface area (Å²) in [6.07, 6.45) is 1.98. The second-order valence-corrected chi connectivity index (χ2v) is 3.38. The molecule has 0 spiro atoms. The number of hydrogen-bond donors (Lipinski definition) is 1. The minimum Gasteiger partial charge on any atom is -0.385 e. The predicted octanol–water partition coefficient (Wildman–Crippen LogP) is 0.481. The molecule has 0 saturated heterocycles. The molecule has 84 valence electrons. The molecule has 0 aliphatic carbocycles. The van der Waals surface area contributed by atoms with Gasteiger partial charge in [0.2, 0.25) is 5.91 Å². The van der Waals surface area contributed by atoms with Crippen LogP contribution in [0.3, 0.4) is 0 Å². The summed E-state index contributed by atoms with van der Waals surface area (Å²) in [7, 11) is 3.62. The zero-order valence-electron chi connectivity index (χ0n) is 9.51. The molecule has 1 amide bonds. The van der Waals surface area contributed by atoms with E-state index in [0.29, 0.717) is 6.54 Å². The van der Waals surface area contributed by atoms with Gasteiger partial charge in [0.15, 0.2) is 0 Å². The van der Waals surface area contributed by atoms with Crippen LogP contribution in [0.25, 0.3) is 0 Å². The van der Waals surface area contributed by atoms with E-state index in [1.807, 2.05) is 18.9 Å². The molecule has 14 heavy (non-hydrogen) atoms. The van der Waals surface area contributed by atoms with E-state index in [9.17, 15) is 4.79 Å². The van der Waals surface area contributed by atoms with Crippen molar-refractivity contribution in [2.75, 3.05) is 40.4 Å². The summed E-state index contributed by atoms with van der Waals surface area (Å²) in [4.78, 5) is 13.2. The highest BCUT2D eigenvalue weighted by Gasteiger charge is 2.02. The SMILES string of the molecule is CCN(C)CC(=O)NCCCCOC. The lowest BCUT2D eigenvalue weighted by molar-refractivity contribution is -0.121. The minimum atomic E-state index is 0.103. The topological polar surface area (TPSA) is 41.6 Å². The van der Waals surface area contributed by atoms with Crippen molar-refractivity contribution in [1.29, 1.82) is 0 Å². The molecule has 0 aromatic rings. The molecule has 0 aliphatic rings. The van der Waals surface area contributed by atoms with Gasteiger partial charge in [0.05, 0.1) is 6.54 Å². The number of carbonyl (C=O) groups is 1. The van der Waals surface area contributed by atoms with Crippen LogP contribution in [0.15, 0.2) is 0 Å². The summed E-state index contributed by atoms with van der Waals surface area (Å²) in [6, 6.07) is 0. The number of likely N-dealkylation sites (N-methyl/N-ethyl adjacent to an activating group) is 1. The minimum absolute atomic E-state index is 0.103. The third kappa shape index (κ3) is 8.01. The van der Waals surface area contributed by atoms with E-state index in [-0.39, 0.29) is 5.91 Å². The van der Waals surface area contributed by atoms with Crippen molar-refractivity contribution in [2.24, 2.45) is 0 Å². The average Bonchev–Trinajstić information content (AvgIpc) is 2.17. The van der Waals surface area contributed by atoms with Crippen LogP contribution in [0.4, 0.5) is 0 Å². The Balaban J connectivity index is 3.27. The van der Waals surface area contributed by atoms with Gasteiger partial charge in [0.1, 0.15) is 0 Å². The number of unbranched alkanes of at least 4 members (excludes halogenated alkanes) is 1. The van der Waals surface area contributed by atoms with Gasteiger partial charge in [-0.1, -0.05) is 6.92 Å². The molecule has 0 aliphatic heterocycles. The molecule has 0 fully saturated rings. The van der Waals surface area contributed by atoms with Gasteiger partial charge >= 0.3 is 0 Å². The van der Waals surface area contributed by atoms with Crippen molar-refractivity contribution in [3.63, 3.8) is 0 Å².